The molecule has 6 aromatic carbocycles. The van der Waals surface area contributed by atoms with Gasteiger partial charge in [0, 0.05) is 64.5 Å². The number of nitrogen functional groups attached to an aromatic ring is 2. The number of rotatable bonds is 67. The summed E-state index contributed by atoms with van der Waals surface area (Å²) in [6, 6.07) is 25.1. The summed E-state index contributed by atoms with van der Waals surface area (Å²) < 4.78 is 83.3. The molecule has 0 saturated heterocycles. The van der Waals surface area contributed by atoms with Crippen molar-refractivity contribution in [3.8, 4) is 0 Å². The first-order valence-corrected chi connectivity index (χ1v) is 54.7. The smallest absolute Gasteiger partial charge is 0.271 e. The number of aryl methyl sites for hydroxylation is 2. The molecule has 0 radical (unpaired) electrons. The van der Waals surface area contributed by atoms with Gasteiger partial charge < -0.3 is 43.6 Å². The molecule has 0 aromatic heterocycles. The first-order chi connectivity index (χ1) is 64.4. The van der Waals surface area contributed by atoms with Crippen molar-refractivity contribution in [2.45, 2.75) is 343 Å². The Hall–Kier alpha value is -9.04. The Morgan fingerprint density at radius 2 is 0.704 bits per heavy atom. The molecule has 0 aliphatic carbocycles. The number of ketones is 3. The largest absolute Gasteiger partial charge is 0.398 e. The lowest BCUT2D eigenvalue weighted by Gasteiger charge is -2.19. The molecule has 750 valence electrons. The topological polar surface area (TPSA) is 444 Å². The highest BCUT2D eigenvalue weighted by atomic mass is 35.5. The number of halogens is 4. The molecular formula is C101H151Cl4N13O14S3. The highest BCUT2D eigenvalue weighted by Gasteiger charge is 2.28. The zero-order valence-electron chi connectivity index (χ0n) is 80.7. The zero-order valence-corrected chi connectivity index (χ0v) is 86.2. The van der Waals surface area contributed by atoms with E-state index in [0.717, 1.165) is 86.8 Å². The van der Waals surface area contributed by atoms with Gasteiger partial charge in [-0.3, -0.25) is 58.0 Å². The monoisotopic (exact) mass is 2010 g/mol. The minimum Gasteiger partial charge on any atom is -0.398 e. The van der Waals surface area contributed by atoms with E-state index in [2.05, 4.69) is 61.2 Å². The molecule has 0 bridgehead atoms. The number of nitrogens with two attached hydrogens (primary N) is 2. The van der Waals surface area contributed by atoms with E-state index < -0.39 is 87.5 Å². The number of hydrogen-bond donors (Lipinski definition) is 11. The Morgan fingerprint density at radius 3 is 1.01 bits per heavy atom. The van der Waals surface area contributed by atoms with Crippen LogP contribution in [0.4, 0.5) is 56.9 Å². The van der Waals surface area contributed by atoms with E-state index >= 15 is 0 Å². The molecule has 0 fully saturated rings. The third-order valence-corrected chi connectivity index (χ3v) is 28.0. The van der Waals surface area contributed by atoms with Crippen molar-refractivity contribution in [3.05, 3.63) is 162 Å². The lowest BCUT2D eigenvalue weighted by molar-refractivity contribution is -0.384. The molecule has 0 aliphatic heterocycles. The summed E-state index contributed by atoms with van der Waals surface area (Å²) in [5, 5.41) is 35.3. The van der Waals surface area contributed by atoms with Gasteiger partial charge in [0.25, 0.3) is 17.5 Å². The molecule has 3 unspecified atom stereocenters. The summed E-state index contributed by atoms with van der Waals surface area (Å²) in [6.45, 7) is 14.3. The van der Waals surface area contributed by atoms with Crippen molar-refractivity contribution in [2.24, 2.45) is 4.99 Å². The number of benzene rings is 6. The molecule has 6 aromatic rings. The maximum absolute atomic E-state index is 13.1. The Bertz CT molecular complexity index is 5030. The fourth-order valence-electron chi connectivity index (χ4n) is 14.6. The summed E-state index contributed by atoms with van der Waals surface area (Å²) in [5.41, 5.74) is 17.3. The molecule has 34 heteroatoms. The van der Waals surface area contributed by atoms with E-state index in [-0.39, 0.29) is 83.4 Å². The van der Waals surface area contributed by atoms with Gasteiger partial charge in [0.05, 0.1) is 71.4 Å². The molecule has 13 N–H and O–H groups in total. The zero-order chi connectivity index (χ0) is 100.0. The van der Waals surface area contributed by atoms with E-state index in [1.54, 1.807) is 12.1 Å². The van der Waals surface area contributed by atoms with Crippen LogP contribution in [0.1, 0.15) is 339 Å². The van der Waals surface area contributed by atoms with Crippen LogP contribution in [0.15, 0.2) is 114 Å². The maximum Gasteiger partial charge on any atom is 0.271 e. The average Bonchev–Trinajstić information content (AvgIpc) is 0.847. The summed E-state index contributed by atoms with van der Waals surface area (Å²) in [4.78, 5) is 88.2. The molecule has 6 rings (SSSR count). The number of carbonyl (C=O) groups is 6. The van der Waals surface area contributed by atoms with Gasteiger partial charge in [0.1, 0.15) is 0 Å². The SMILES string of the molecule is CCCCCCCCCCCCCCCCS(=O)(=O)Nc1ccc(Cl)c(NC(=O)C(Cl)C(C)=O)c1.CCCCCCCCCCCCCCCCS(=O)(=O)Nc1ccc(Cl)c(NC(=O)C(N=Cc2ccc([N+](=O)[O-])cc2N)C(C)=O)c1.CCCCCCCCCCCCCCCCS(=O)(=O)Nc1ccc(Cl)c(NC(=O)C(Nc2ccc(C)cc2C=N)C(C)=O)c1.Cc1ccc(N)c(C=N)c1. The predicted octanol–water partition coefficient (Wildman–Crippen LogP) is 26.2. The summed E-state index contributed by atoms with van der Waals surface area (Å²) in [7, 11) is -10.7. The van der Waals surface area contributed by atoms with Gasteiger partial charge in [0.2, 0.25) is 36.0 Å². The minimum absolute atomic E-state index is 0.0115. The normalized spacial score (nSPS) is 12.0. The number of alkyl halides is 1. The van der Waals surface area contributed by atoms with Crippen molar-refractivity contribution in [3.63, 3.8) is 0 Å². The Balaban J connectivity index is 0.000000498. The van der Waals surface area contributed by atoms with Gasteiger partial charge in [-0.15, -0.1) is 11.6 Å². The van der Waals surface area contributed by atoms with Crippen LogP contribution < -0.4 is 46.9 Å². The first kappa shape index (κ1) is 120. The number of carbonyl (C=O) groups excluding carboxylic acids is 6. The Morgan fingerprint density at radius 1 is 0.385 bits per heavy atom. The third-order valence-electron chi connectivity index (χ3n) is 22.4. The number of aliphatic imine (C=N–C) groups is 1. The number of nitrogens with one attached hydrogen (secondary N) is 9. The highest BCUT2D eigenvalue weighted by molar-refractivity contribution is 7.93. The van der Waals surface area contributed by atoms with Crippen LogP contribution in [0.25, 0.3) is 0 Å². The lowest BCUT2D eigenvalue weighted by Crippen LogP contribution is -2.40. The molecule has 27 nitrogen and oxygen atoms in total. The van der Waals surface area contributed by atoms with E-state index in [9.17, 15) is 64.1 Å². The quantitative estimate of drug-likeness (QED) is 0.00321. The fourth-order valence-corrected chi connectivity index (χ4v) is 18.6. The molecular weight excluding hydrogens is 1860 g/mol. The number of anilines is 9. The van der Waals surface area contributed by atoms with E-state index in [0.29, 0.717) is 36.2 Å². The second-order valence-corrected chi connectivity index (χ2v) is 41.8. The number of nitro benzene ring substituents is 1. The molecule has 0 heterocycles. The molecule has 0 saturated carbocycles. The first-order valence-electron chi connectivity index (χ1n) is 48.2. The highest BCUT2D eigenvalue weighted by Crippen LogP contribution is 2.32. The van der Waals surface area contributed by atoms with Crippen molar-refractivity contribution in [1.29, 1.82) is 10.8 Å². The van der Waals surface area contributed by atoms with Gasteiger partial charge in [-0.2, -0.15) is 0 Å². The number of Topliss-reactive ketones (excluding diaryl/α,β-unsaturated/α-hetero) is 3. The van der Waals surface area contributed by atoms with Gasteiger partial charge in [0.15, 0.2) is 34.8 Å². The number of amides is 3. The molecule has 0 aliphatic rings. The summed E-state index contributed by atoms with van der Waals surface area (Å²) in [6.07, 6.45) is 53.7. The lowest BCUT2D eigenvalue weighted by atomic mass is 10.0. The Labute approximate surface area is 824 Å². The van der Waals surface area contributed by atoms with Crippen molar-refractivity contribution in [1.82, 2.24) is 0 Å². The van der Waals surface area contributed by atoms with Gasteiger partial charge >= 0.3 is 0 Å². The molecule has 135 heavy (non-hydrogen) atoms. The third kappa shape index (κ3) is 53.5. The molecule has 3 amide bonds. The number of non-ortho nitro benzene ring substituents is 1. The standard InChI is InChI=1S/C34H51ClN4O4S.C33H48ClN5O6S.C26H42Cl2N2O4S.C8H10N2/c1-4-5-6-7-8-9-10-11-12-13-14-15-16-17-22-44(42,43)39-29-19-20-30(35)32(24-29)38-34(41)33(27(3)40)37-31-21-18-26(2)23-28(31)25-36;1-3-4-5-6-7-8-9-10-11-12-13-14-15-16-21-46(44,45)38-27-18-20-29(34)31(22-27)37-33(41)32(25(2)40)36-24-26-17-19-28(39(42)43)23-30(26)35;1-3-4-5-6-7-8-9-10-11-12-13-14-15-16-19-35(33,34)30-22-17-18-23(27)24(20-22)29-26(32)25(28)21(2)31;1-6-2-3-8(10)7(4-6)5-9/h18-21,23-25,33,36-37,39H,4-17,22H2,1-3H3,(H,38,41);17-20,22-24,32,38H,3-16,21,35H2,1-2H3,(H,37,41);17-18,20,25,30H,3-16,19H2,1-2H3,(H,29,32);2-5,9H,10H2,1H3. The number of unbranched alkanes of at least 4 members (excludes halogenated alkanes) is 39. The maximum atomic E-state index is 13.1. The summed E-state index contributed by atoms with van der Waals surface area (Å²) >= 11 is 24.4. The number of sulfonamides is 3. The number of hydrogen-bond acceptors (Lipinski definition) is 20. The second-order valence-electron chi connectivity index (χ2n) is 34.6. The predicted molar refractivity (Wildman–Crippen MR) is 564 cm³/mol. The molecule has 0 spiro atoms. The van der Waals surface area contributed by atoms with Crippen LogP contribution >= 0.6 is 46.4 Å². The van der Waals surface area contributed by atoms with Crippen molar-refractivity contribution < 1.29 is 58.9 Å². The summed E-state index contributed by atoms with van der Waals surface area (Å²) in [5.74, 6) is -3.65. The van der Waals surface area contributed by atoms with Gasteiger partial charge in [-0.25, -0.2) is 25.3 Å². The fraction of sp³-hybridized carbons (Fsp3) is 0.554. The van der Waals surface area contributed by atoms with E-state index in [1.165, 1.54) is 293 Å². The van der Waals surface area contributed by atoms with Crippen LogP contribution in [0, 0.1) is 34.8 Å². The van der Waals surface area contributed by atoms with Crippen molar-refractivity contribution >= 4 is 187 Å². The van der Waals surface area contributed by atoms with E-state index in [1.807, 2.05) is 38.1 Å². The van der Waals surface area contributed by atoms with Crippen LogP contribution in [0.2, 0.25) is 15.1 Å². The van der Waals surface area contributed by atoms with Gasteiger partial charge in [-0.1, -0.05) is 329 Å². The second kappa shape index (κ2) is 68.9. The van der Waals surface area contributed by atoms with Crippen LogP contribution in [-0.2, 0) is 58.8 Å². The number of nitrogens with zero attached hydrogens (tertiary/aromatic N) is 2. The average molecular weight is 2010 g/mol. The van der Waals surface area contributed by atoms with E-state index in [4.69, 9.17) is 68.7 Å². The number of nitro groups is 1. The van der Waals surface area contributed by atoms with Crippen LogP contribution in [0.5, 0.6) is 0 Å². The van der Waals surface area contributed by atoms with Crippen molar-refractivity contribution in [2.75, 3.05) is 64.2 Å². The minimum atomic E-state index is -3.63. The van der Waals surface area contributed by atoms with Gasteiger partial charge in [-0.05, 0) is 139 Å². The van der Waals surface area contributed by atoms with Crippen LogP contribution in [-0.4, -0.2) is 119 Å². The molecule has 3 atom stereocenters. The Kier molecular flexibility index (Phi) is 61.3. The van der Waals surface area contributed by atoms with Crippen LogP contribution in [0.3, 0.4) is 0 Å².